The fourth-order valence-corrected chi connectivity index (χ4v) is 2.54. The molecule has 3 nitrogen and oxygen atoms in total. The Balaban J connectivity index is 1.84. The topological polar surface area (TPSA) is 38.5 Å². The summed E-state index contributed by atoms with van der Waals surface area (Å²) >= 11 is 0. The molecule has 2 N–H and O–H groups in total. The van der Waals surface area contributed by atoms with Gasteiger partial charge in [0.2, 0.25) is 0 Å². The van der Waals surface area contributed by atoms with E-state index in [1.807, 2.05) is 0 Å². The number of ether oxygens (including phenoxy) is 1. The predicted molar refractivity (Wildman–Crippen MR) is 69.8 cm³/mol. The number of halogens is 1. The van der Waals surface area contributed by atoms with Crippen LogP contribution in [-0.4, -0.2) is 38.3 Å². The van der Waals surface area contributed by atoms with Crippen molar-refractivity contribution >= 4 is 0 Å². The third-order valence-corrected chi connectivity index (χ3v) is 3.53. The Hall–Kier alpha value is -0.970. The van der Waals surface area contributed by atoms with Crippen LogP contribution in [0.15, 0.2) is 24.3 Å². The van der Waals surface area contributed by atoms with E-state index >= 15 is 0 Å². The van der Waals surface area contributed by atoms with Gasteiger partial charge >= 0.3 is 0 Å². The van der Waals surface area contributed by atoms with E-state index in [0.717, 1.165) is 31.8 Å². The molecule has 2 atom stereocenters. The number of benzene rings is 1. The lowest BCUT2D eigenvalue weighted by atomic mass is 10.1. The van der Waals surface area contributed by atoms with E-state index in [0.29, 0.717) is 5.92 Å². The molecule has 1 heterocycles. The summed E-state index contributed by atoms with van der Waals surface area (Å²) in [6.07, 6.45) is 1.17. The highest BCUT2D eigenvalue weighted by Gasteiger charge is 2.23. The van der Waals surface area contributed by atoms with Crippen molar-refractivity contribution in [3.63, 3.8) is 0 Å². The molecule has 0 amide bonds. The minimum atomic E-state index is -0.215. The van der Waals surface area contributed by atoms with Gasteiger partial charge in [0.25, 0.3) is 0 Å². The van der Waals surface area contributed by atoms with Crippen molar-refractivity contribution in [2.24, 2.45) is 11.7 Å². The fourth-order valence-electron chi connectivity index (χ4n) is 2.54. The van der Waals surface area contributed by atoms with Crippen LogP contribution in [0.2, 0.25) is 0 Å². The minimum absolute atomic E-state index is 0.0492. The normalized spacial score (nSPS) is 22.3. The molecule has 1 saturated heterocycles. The van der Waals surface area contributed by atoms with Crippen molar-refractivity contribution in [3.8, 4) is 0 Å². The third kappa shape index (κ3) is 3.51. The van der Waals surface area contributed by atoms with Gasteiger partial charge in [-0.25, -0.2) is 4.39 Å². The monoisotopic (exact) mass is 252 g/mol. The number of likely N-dealkylation sites (tertiary alicyclic amines) is 1. The summed E-state index contributed by atoms with van der Waals surface area (Å²) in [5, 5.41) is 0. The van der Waals surface area contributed by atoms with E-state index in [4.69, 9.17) is 10.5 Å². The van der Waals surface area contributed by atoms with Crippen LogP contribution in [0.5, 0.6) is 0 Å². The molecule has 0 spiro atoms. The molecule has 0 saturated carbocycles. The Morgan fingerprint density at radius 3 is 2.83 bits per heavy atom. The fraction of sp³-hybridized carbons (Fsp3) is 0.571. The van der Waals surface area contributed by atoms with Crippen LogP contribution in [0.3, 0.4) is 0 Å². The molecule has 1 aromatic carbocycles. The standard InChI is InChI=1S/C14H21FN2O/c1-18-10-11-6-7-17(8-11)9-14(16)12-2-4-13(15)5-3-12/h2-5,11,14H,6-10,16H2,1H3. The van der Waals surface area contributed by atoms with Crippen LogP contribution < -0.4 is 5.73 Å². The van der Waals surface area contributed by atoms with Gasteiger partial charge in [0, 0.05) is 26.2 Å². The zero-order chi connectivity index (χ0) is 13.0. The van der Waals surface area contributed by atoms with Crippen LogP contribution >= 0.6 is 0 Å². The van der Waals surface area contributed by atoms with Crippen molar-refractivity contribution in [2.75, 3.05) is 33.4 Å². The summed E-state index contributed by atoms with van der Waals surface area (Å²) in [7, 11) is 1.74. The Bertz CT molecular complexity index is 369. The first kappa shape index (κ1) is 13.5. The van der Waals surface area contributed by atoms with Gasteiger partial charge in [0.1, 0.15) is 5.82 Å². The highest BCUT2D eigenvalue weighted by Crippen LogP contribution is 2.20. The quantitative estimate of drug-likeness (QED) is 0.868. The van der Waals surface area contributed by atoms with Crippen molar-refractivity contribution in [1.29, 1.82) is 0 Å². The molecule has 1 aromatic rings. The van der Waals surface area contributed by atoms with Crippen LogP contribution in [0.4, 0.5) is 4.39 Å². The zero-order valence-electron chi connectivity index (χ0n) is 10.8. The van der Waals surface area contributed by atoms with E-state index in [-0.39, 0.29) is 11.9 Å². The Kier molecular flexibility index (Phi) is 4.69. The van der Waals surface area contributed by atoms with Crippen molar-refractivity contribution in [2.45, 2.75) is 12.5 Å². The maximum Gasteiger partial charge on any atom is 0.123 e. The zero-order valence-corrected chi connectivity index (χ0v) is 10.8. The van der Waals surface area contributed by atoms with Crippen LogP contribution in [0.1, 0.15) is 18.0 Å². The number of rotatable bonds is 5. The van der Waals surface area contributed by atoms with E-state index in [1.54, 1.807) is 19.2 Å². The lowest BCUT2D eigenvalue weighted by molar-refractivity contribution is 0.152. The van der Waals surface area contributed by atoms with Crippen LogP contribution in [0, 0.1) is 11.7 Å². The summed E-state index contributed by atoms with van der Waals surface area (Å²) in [5.74, 6) is 0.405. The molecule has 0 bridgehead atoms. The number of hydrogen-bond acceptors (Lipinski definition) is 3. The average Bonchev–Trinajstić information content (AvgIpc) is 2.78. The third-order valence-electron chi connectivity index (χ3n) is 3.53. The molecular weight excluding hydrogens is 231 g/mol. The first-order chi connectivity index (χ1) is 8.69. The van der Waals surface area contributed by atoms with Gasteiger partial charge in [-0.1, -0.05) is 12.1 Å². The summed E-state index contributed by atoms with van der Waals surface area (Å²) in [6.45, 7) is 3.76. The first-order valence-electron chi connectivity index (χ1n) is 6.41. The van der Waals surface area contributed by atoms with Gasteiger partial charge in [0.05, 0.1) is 6.61 Å². The molecule has 2 rings (SSSR count). The molecule has 4 heteroatoms. The number of nitrogens with zero attached hydrogens (tertiary/aromatic N) is 1. The van der Waals surface area contributed by atoms with Crippen molar-refractivity contribution in [3.05, 3.63) is 35.6 Å². The highest BCUT2D eigenvalue weighted by atomic mass is 19.1. The van der Waals surface area contributed by atoms with E-state index in [1.165, 1.54) is 18.6 Å². The second-order valence-corrected chi connectivity index (χ2v) is 5.03. The molecule has 1 aliphatic heterocycles. The van der Waals surface area contributed by atoms with E-state index in [2.05, 4.69) is 4.90 Å². The lowest BCUT2D eigenvalue weighted by Gasteiger charge is -2.21. The molecule has 100 valence electrons. The molecule has 18 heavy (non-hydrogen) atoms. The molecule has 1 fully saturated rings. The molecule has 0 radical (unpaired) electrons. The summed E-state index contributed by atoms with van der Waals surface area (Å²) in [4.78, 5) is 2.36. The van der Waals surface area contributed by atoms with Gasteiger partial charge in [-0.3, -0.25) is 0 Å². The molecule has 0 aromatic heterocycles. The minimum Gasteiger partial charge on any atom is -0.384 e. The maximum absolute atomic E-state index is 12.8. The lowest BCUT2D eigenvalue weighted by Crippen LogP contribution is -2.31. The number of nitrogens with two attached hydrogens (primary N) is 1. The van der Waals surface area contributed by atoms with Gasteiger partial charge in [-0.15, -0.1) is 0 Å². The number of methoxy groups -OCH3 is 1. The predicted octanol–water partition coefficient (Wildman–Crippen LogP) is 1.79. The Morgan fingerprint density at radius 2 is 2.17 bits per heavy atom. The molecule has 2 unspecified atom stereocenters. The average molecular weight is 252 g/mol. The summed E-state index contributed by atoms with van der Waals surface area (Å²) in [6, 6.07) is 6.41. The van der Waals surface area contributed by atoms with Crippen molar-refractivity contribution in [1.82, 2.24) is 4.90 Å². The van der Waals surface area contributed by atoms with Gasteiger partial charge < -0.3 is 15.4 Å². The highest BCUT2D eigenvalue weighted by molar-refractivity contribution is 5.19. The summed E-state index contributed by atoms with van der Waals surface area (Å²) in [5.41, 5.74) is 7.14. The Labute approximate surface area is 108 Å². The number of hydrogen-bond donors (Lipinski definition) is 1. The molecule has 1 aliphatic rings. The van der Waals surface area contributed by atoms with E-state index < -0.39 is 0 Å². The van der Waals surface area contributed by atoms with Crippen molar-refractivity contribution < 1.29 is 9.13 Å². The smallest absolute Gasteiger partial charge is 0.123 e. The maximum atomic E-state index is 12.8. The SMILES string of the molecule is COCC1CCN(CC(N)c2ccc(F)cc2)C1. The van der Waals surface area contributed by atoms with Gasteiger partial charge in [-0.05, 0) is 36.6 Å². The van der Waals surface area contributed by atoms with Crippen LogP contribution in [-0.2, 0) is 4.74 Å². The molecular formula is C14H21FN2O. The Morgan fingerprint density at radius 1 is 1.44 bits per heavy atom. The first-order valence-corrected chi connectivity index (χ1v) is 6.41. The van der Waals surface area contributed by atoms with E-state index in [9.17, 15) is 4.39 Å². The second-order valence-electron chi connectivity index (χ2n) is 5.03. The van der Waals surface area contributed by atoms with Gasteiger partial charge in [-0.2, -0.15) is 0 Å². The largest absolute Gasteiger partial charge is 0.384 e. The second kappa shape index (κ2) is 6.27. The van der Waals surface area contributed by atoms with Gasteiger partial charge in [0.15, 0.2) is 0 Å². The van der Waals surface area contributed by atoms with Crippen LogP contribution in [0.25, 0.3) is 0 Å². The summed E-state index contributed by atoms with van der Waals surface area (Å²) < 4.78 is 18.0. The molecule has 0 aliphatic carbocycles.